The second kappa shape index (κ2) is 5.64. The van der Waals surface area contributed by atoms with Crippen LogP contribution in [0.25, 0.3) is 11.0 Å². The zero-order valence-electron chi connectivity index (χ0n) is 12.2. The lowest BCUT2D eigenvalue weighted by atomic mass is 10.1. The zero-order chi connectivity index (χ0) is 13.9. The van der Waals surface area contributed by atoms with E-state index in [0.717, 1.165) is 29.9 Å². The molecule has 1 saturated heterocycles. The van der Waals surface area contributed by atoms with Crippen molar-refractivity contribution in [2.75, 3.05) is 23.3 Å². The van der Waals surface area contributed by atoms with E-state index in [9.17, 15) is 0 Å². The van der Waals surface area contributed by atoms with Crippen molar-refractivity contribution >= 4 is 22.8 Å². The minimum absolute atomic E-state index is 0.514. The standard InChI is InChI=1S/C14H22N6/c1-3-15-14-17-12-11(9-16-19-12)13(18-14)20-8-6-4-5-7-10(20)2/h9-10H,3-8H2,1-2H3,(H2,15,16,17,18,19). The molecule has 2 aromatic heterocycles. The van der Waals surface area contributed by atoms with E-state index in [0.29, 0.717) is 12.0 Å². The lowest BCUT2D eigenvalue weighted by Crippen LogP contribution is -2.33. The molecule has 2 N–H and O–H groups in total. The van der Waals surface area contributed by atoms with Crippen LogP contribution in [0.4, 0.5) is 11.8 Å². The van der Waals surface area contributed by atoms with Crippen LogP contribution in [0.5, 0.6) is 0 Å². The summed E-state index contributed by atoms with van der Waals surface area (Å²) in [6, 6.07) is 0.514. The Morgan fingerprint density at radius 3 is 3.10 bits per heavy atom. The molecule has 0 amide bonds. The molecule has 0 spiro atoms. The number of aromatic nitrogens is 4. The highest BCUT2D eigenvalue weighted by Gasteiger charge is 2.22. The predicted octanol–water partition coefficient (Wildman–Crippen LogP) is 2.55. The highest BCUT2D eigenvalue weighted by molar-refractivity contribution is 5.87. The molecule has 6 nitrogen and oxygen atoms in total. The van der Waals surface area contributed by atoms with E-state index < -0.39 is 0 Å². The van der Waals surface area contributed by atoms with Crippen LogP contribution in [-0.2, 0) is 0 Å². The summed E-state index contributed by atoms with van der Waals surface area (Å²) >= 11 is 0. The van der Waals surface area contributed by atoms with Crippen LogP contribution in [0.1, 0.15) is 39.5 Å². The van der Waals surface area contributed by atoms with Crippen molar-refractivity contribution in [2.24, 2.45) is 0 Å². The molecule has 6 heteroatoms. The molecule has 108 valence electrons. The molecule has 3 heterocycles. The first-order valence-electron chi connectivity index (χ1n) is 7.51. The van der Waals surface area contributed by atoms with Gasteiger partial charge in [-0.25, -0.2) is 0 Å². The Labute approximate surface area is 119 Å². The van der Waals surface area contributed by atoms with Crippen molar-refractivity contribution in [1.29, 1.82) is 0 Å². The van der Waals surface area contributed by atoms with Gasteiger partial charge in [-0.2, -0.15) is 15.1 Å². The van der Waals surface area contributed by atoms with Gasteiger partial charge in [0.15, 0.2) is 5.65 Å². The summed E-state index contributed by atoms with van der Waals surface area (Å²) < 4.78 is 0. The number of nitrogens with one attached hydrogen (secondary N) is 2. The number of hydrogen-bond acceptors (Lipinski definition) is 5. The number of anilines is 2. The molecule has 1 unspecified atom stereocenters. The van der Waals surface area contributed by atoms with Gasteiger partial charge in [0.2, 0.25) is 5.95 Å². The van der Waals surface area contributed by atoms with Crippen molar-refractivity contribution in [3.05, 3.63) is 6.20 Å². The molecule has 0 radical (unpaired) electrons. The number of rotatable bonds is 3. The Hall–Kier alpha value is -1.85. The first-order chi connectivity index (χ1) is 9.79. The molecule has 1 atom stereocenters. The van der Waals surface area contributed by atoms with Gasteiger partial charge in [0.1, 0.15) is 5.82 Å². The van der Waals surface area contributed by atoms with Gasteiger partial charge in [-0.15, -0.1) is 0 Å². The maximum atomic E-state index is 4.72. The van der Waals surface area contributed by atoms with Gasteiger partial charge in [-0.05, 0) is 26.7 Å². The summed E-state index contributed by atoms with van der Waals surface area (Å²) in [6.07, 6.45) is 6.89. The number of hydrogen-bond donors (Lipinski definition) is 2. The Bertz CT molecular complexity index is 578. The summed E-state index contributed by atoms with van der Waals surface area (Å²) in [6.45, 7) is 6.21. The van der Waals surface area contributed by atoms with Crippen LogP contribution in [0.2, 0.25) is 0 Å². The molecule has 0 aliphatic carbocycles. The normalized spacial score (nSPS) is 20.1. The Morgan fingerprint density at radius 1 is 1.35 bits per heavy atom. The molecule has 20 heavy (non-hydrogen) atoms. The van der Waals surface area contributed by atoms with Crippen LogP contribution < -0.4 is 10.2 Å². The quantitative estimate of drug-likeness (QED) is 0.900. The number of fused-ring (bicyclic) bond motifs is 1. The second-order valence-electron chi connectivity index (χ2n) is 5.43. The fourth-order valence-corrected chi connectivity index (χ4v) is 2.87. The maximum Gasteiger partial charge on any atom is 0.226 e. The van der Waals surface area contributed by atoms with Crippen molar-refractivity contribution in [3.8, 4) is 0 Å². The highest BCUT2D eigenvalue weighted by atomic mass is 15.3. The SMILES string of the molecule is CCNc1nc(N2CCCCCC2C)c2cn[nH]c2n1. The van der Waals surface area contributed by atoms with Crippen LogP contribution >= 0.6 is 0 Å². The first-order valence-corrected chi connectivity index (χ1v) is 7.51. The smallest absolute Gasteiger partial charge is 0.226 e. The molecule has 1 fully saturated rings. The molecule has 3 rings (SSSR count). The minimum atomic E-state index is 0.514. The van der Waals surface area contributed by atoms with Crippen molar-refractivity contribution in [2.45, 2.75) is 45.6 Å². The van der Waals surface area contributed by atoms with Crippen molar-refractivity contribution in [1.82, 2.24) is 20.2 Å². The molecule has 0 saturated carbocycles. The molecular formula is C14H22N6. The fraction of sp³-hybridized carbons (Fsp3) is 0.643. The van der Waals surface area contributed by atoms with Crippen LogP contribution in [-0.4, -0.2) is 39.3 Å². The second-order valence-corrected chi connectivity index (χ2v) is 5.43. The van der Waals surface area contributed by atoms with E-state index in [1.54, 1.807) is 0 Å². The van der Waals surface area contributed by atoms with Crippen molar-refractivity contribution in [3.63, 3.8) is 0 Å². The number of H-pyrrole nitrogens is 1. The average Bonchev–Trinajstić information content (AvgIpc) is 2.80. The lowest BCUT2D eigenvalue weighted by molar-refractivity contribution is 0.612. The third-order valence-corrected chi connectivity index (χ3v) is 3.95. The first kappa shape index (κ1) is 13.1. The van der Waals surface area contributed by atoms with E-state index in [-0.39, 0.29) is 0 Å². The predicted molar refractivity (Wildman–Crippen MR) is 81.1 cm³/mol. The number of nitrogens with zero attached hydrogens (tertiary/aromatic N) is 4. The molecule has 0 bridgehead atoms. The van der Waals surface area contributed by atoms with Gasteiger partial charge >= 0.3 is 0 Å². The van der Waals surface area contributed by atoms with Crippen molar-refractivity contribution < 1.29 is 0 Å². The van der Waals surface area contributed by atoms with E-state index in [2.05, 4.69) is 39.2 Å². The lowest BCUT2D eigenvalue weighted by Gasteiger charge is -2.28. The summed E-state index contributed by atoms with van der Waals surface area (Å²) in [7, 11) is 0. The van der Waals surface area contributed by atoms with Crippen LogP contribution in [0.3, 0.4) is 0 Å². The zero-order valence-corrected chi connectivity index (χ0v) is 12.2. The molecule has 2 aromatic rings. The Morgan fingerprint density at radius 2 is 2.25 bits per heavy atom. The van der Waals surface area contributed by atoms with Crippen LogP contribution in [0.15, 0.2) is 6.20 Å². The van der Waals surface area contributed by atoms with E-state index in [4.69, 9.17) is 4.98 Å². The summed E-state index contributed by atoms with van der Waals surface area (Å²) in [5, 5.41) is 11.3. The van der Waals surface area contributed by atoms with Gasteiger partial charge in [0, 0.05) is 19.1 Å². The average molecular weight is 274 g/mol. The van der Waals surface area contributed by atoms with Gasteiger partial charge in [-0.3, -0.25) is 5.10 Å². The Balaban J connectivity index is 2.05. The largest absolute Gasteiger partial charge is 0.354 e. The molecular weight excluding hydrogens is 252 g/mol. The monoisotopic (exact) mass is 274 g/mol. The van der Waals surface area contributed by atoms with Gasteiger partial charge in [-0.1, -0.05) is 12.8 Å². The number of aromatic amines is 1. The highest BCUT2D eigenvalue weighted by Crippen LogP contribution is 2.28. The summed E-state index contributed by atoms with van der Waals surface area (Å²) in [5.74, 6) is 1.68. The third kappa shape index (κ3) is 2.42. The molecule has 1 aliphatic rings. The molecule has 0 aromatic carbocycles. The van der Waals surface area contributed by atoms with E-state index in [1.165, 1.54) is 25.7 Å². The van der Waals surface area contributed by atoms with Gasteiger partial charge < -0.3 is 10.2 Å². The fourth-order valence-electron chi connectivity index (χ4n) is 2.87. The summed E-state index contributed by atoms with van der Waals surface area (Å²) in [5.41, 5.74) is 0.808. The topological polar surface area (TPSA) is 69.7 Å². The third-order valence-electron chi connectivity index (χ3n) is 3.95. The molecule has 1 aliphatic heterocycles. The van der Waals surface area contributed by atoms with Crippen LogP contribution in [0, 0.1) is 0 Å². The minimum Gasteiger partial charge on any atom is -0.354 e. The van der Waals surface area contributed by atoms with Gasteiger partial charge in [0.25, 0.3) is 0 Å². The van der Waals surface area contributed by atoms with Gasteiger partial charge in [0.05, 0.1) is 11.6 Å². The van der Waals surface area contributed by atoms with E-state index in [1.807, 2.05) is 6.20 Å². The maximum absolute atomic E-state index is 4.72. The summed E-state index contributed by atoms with van der Waals surface area (Å²) in [4.78, 5) is 11.6. The van der Waals surface area contributed by atoms with E-state index >= 15 is 0 Å². The Kier molecular flexibility index (Phi) is 3.71.